The Hall–Kier alpha value is -1.20. The number of aromatic nitrogens is 1. The van der Waals surface area contributed by atoms with E-state index in [0.717, 1.165) is 40.4 Å². The number of para-hydroxylation sites is 1. The van der Waals surface area contributed by atoms with Crippen molar-refractivity contribution in [2.24, 2.45) is 0 Å². The second-order valence-electron chi connectivity index (χ2n) is 4.61. The van der Waals surface area contributed by atoms with Gasteiger partial charge < -0.3 is 4.90 Å². The van der Waals surface area contributed by atoms with Gasteiger partial charge in [-0.25, -0.2) is 0 Å². The molecule has 0 radical (unpaired) electrons. The van der Waals surface area contributed by atoms with Crippen LogP contribution in [0.1, 0.15) is 0 Å². The van der Waals surface area contributed by atoms with E-state index >= 15 is 0 Å². The van der Waals surface area contributed by atoms with E-state index in [1.54, 1.807) is 18.0 Å². The molecule has 3 rings (SSSR count). The molecule has 1 saturated heterocycles. The van der Waals surface area contributed by atoms with Gasteiger partial charge in [-0.3, -0.25) is 9.78 Å². The molecule has 104 valence electrons. The van der Waals surface area contributed by atoms with Gasteiger partial charge in [-0.15, -0.1) is 11.8 Å². The average molecular weight is 304 g/mol. The zero-order valence-corrected chi connectivity index (χ0v) is 12.8. The third-order valence-corrected chi connectivity index (χ3v) is 5.28. The van der Waals surface area contributed by atoms with Crippen LogP contribution in [0.5, 0.6) is 0 Å². The van der Waals surface area contributed by atoms with Crippen molar-refractivity contribution in [2.75, 3.05) is 30.3 Å². The van der Waals surface area contributed by atoms with Crippen LogP contribution in [0.25, 0.3) is 10.9 Å². The Labute approximate surface area is 127 Å². The van der Waals surface area contributed by atoms with Crippen LogP contribution in [0.2, 0.25) is 0 Å². The standard InChI is InChI=1S/C15H16N2OS2/c18-14(17-7-9-19-10-8-17)11-20-13-5-1-3-12-4-2-6-16-15(12)13/h1-6H,7-11H2. The van der Waals surface area contributed by atoms with Gasteiger partial charge in [0, 0.05) is 41.1 Å². The van der Waals surface area contributed by atoms with Gasteiger partial charge in [0.1, 0.15) is 0 Å². The van der Waals surface area contributed by atoms with Crippen LogP contribution in [0.4, 0.5) is 0 Å². The number of fused-ring (bicyclic) bond motifs is 1. The minimum atomic E-state index is 0.239. The number of carbonyl (C=O) groups is 1. The maximum absolute atomic E-state index is 12.2. The summed E-state index contributed by atoms with van der Waals surface area (Å²) in [5.74, 6) is 2.86. The first-order valence-corrected chi connectivity index (χ1v) is 8.81. The predicted octanol–water partition coefficient (Wildman–Crippen LogP) is 2.90. The number of rotatable bonds is 3. The molecule has 1 amide bonds. The Kier molecular flexibility index (Phi) is 4.47. The molecule has 0 aliphatic carbocycles. The molecule has 2 heterocycles. The molecule has 3 nitrogen and oxygen atoms in total. The Morgan fingerprint density at radius 2 is 2.05 bits per heavy atom. The molecule has 0 atom stereocenters. The van der Waals surface area contributed by atoms with E-state index in [0.29, 0.717) is 5.75 Å². The molecule has 20 heavy (non-hydrogen) atoms. The van der Waals surface area contributed by atoms with Gasteiger partial charge in [0.05, 0.1) is 11.3 Å². The molecule has 1 aliphatic heterocycles. The summed E-state index contributed by atoms with van der Waals surface area (Å²) >= 11 is 3.51. The van der Waals surface area contributed by atoms with Crippen molar-refractivity contribution in [3.05, 3.63) is 36.5 Å². The summed E-state index contributed by atoms with van der Waals surface area (Å²) in [6.45, 7) is 1.77. The topological polar surface area (TPSA) is 33.2 Å². The predicted molar refractivity (Wildman–Crippen MR) is 86.4 cm³/mol. The van der Waals surface area contributed by atoms with Crippen LogP contribution < -0.4 is 0 Å². The molecule has 0 N–H and O–H groups in total. The number of benzene rings is 1. The third kappa shape index (κ3) is 3.10. The maximum atomic E-state index is 12.2. The lowest BCUT2D eigenvalue weighted by Gasteiger charge is -2.26. The molecule has 1 aromatic carbocycles. The van der Waals surface area contributed by atoms with Crippen molar-refractivity contribution in [1.29, 1.82) is 0 Å². The number of nitrogens with zero attached hydrogens (tertiary/aromatic N) is 2. The van der Waals surface area contributed by atoms with Crippen LogP contribution in [0, 0.1) is 0 Å². The van der Waals surface area contributed by atoms with E-state index in [-0.39, 0.29) is 5.91 Å². The van der Waals surface area contributed by atoms with Crippen molar-refractivity contribution in [2.45, 2.75) is 4.90 Å². The van der Waals surface area contributed by atoms with Gasteiger partial charge in [0.2, 0.25) is 5.91 Å². The Balaban J connectivity index is 1.69. The highest BCUT2D eigenvalue weighted by molar-refractivity contribution is 8.00. The molecular formula is C15H16N2OS2. The number of pyridine rings is 1. The van der Waals surface area contributed by atoms with E-state index in [9.17, 15) is 4.79 Å². The lowest BCUT2D eigenvalue weighted by molar-refractivity contribution is -0.127. The van der Waals surface area contributed by atoms with Crippen molar-refractivity contribution in [3.63, 3.8) is 0 Å². The lowest BCUT2D eigenvalue weighted by Crippen LogP contribution is -2.38. The average Bonchev–Trinajstić information content (AvgIpc) is 2.53. The molecule has 0 spiro atoms. The normalized spacial score (nSPS) is 15.5. The summed E-state index contributed by atoms with van der Waals surface area (Å²) in [4.78, 5) is 19.7. The number of hydrogen-bond donors (Lipinski definition) is 0. The summed E-state index contributed by atoms with van der Waals surface area (Å²) in [5, 5.41) is 1.12. The van der Waals surface area contributed by atoms with Crippen molar-refractivity contribution >= 4 is 40.3 Å². The highest BCUT2D eigenvalue weighted by atomic mass is 32.2. The SMILES string of the molecule is O=C(CSc1cccc2cccnc12)N1CCSCC1. The number of carbonyl (C=O) groups excluding carboxylic acids is 1. The van der Waals surface area contributed by atoms with Gasteiger partial charge >= 0.3 is 0 Å². The first-order valence-electron chi connectivity index (χ1n) is 6.67. The fourth-order valence-electron chi connectivity index (χ4n) is 2.24. The fraction of sp³-hybridized carbons (Fsp3) is 0.333. The van der Waals surface area contributed by atoms with Crippen LogP contribution >= 0.6 is 23.5 Å². The third-order valence-electron chi connectivity index (χ3n) is 3.31. The molecule has 0 bridgehead atoms. The summed E-state index contributed by atoms with van der Waals surface area (Å²) in [6.07, 6.45) is 1.80. The number of thioether (sulfide) groups is 2. The van der Waals surface area contributed by atoms with Crippen molar-refractivity contribution in [1.82, 2.24) is 9.88 Å². The van der Waals surface area contributed by atoms with Crippen molar-refractivity contribution in [3.8, 4) is 0 Å². The minimum absolute atomic E-state index is 0.239. The Morgan fingerprint density at radius 3 is 2.90 bits per heavy atom. The highest BCUT2D eigenvalue weighted by Crippen LogP contribution is 2.26. The van der Waals surface area contributed by atoms with Gasteiger partial charge in [0.25, 0.3) is 0 Å². The van der Waals surface area contributed by atoms with E-state index in [4.69, 9.17) is 0 Å². The molecule has 5 heteroatoms. The summed E-state index contributed by atoms with van der Waals surface area (Å²) in [7, 11) is 0. The summed E-state index contributed by atoms with van der Waals surface area (Å²) in [5.41, 5.74) is 0.988. The summed E-state index contributed by atoms with van der Waals surface area (Å²) < 4.78 is 0. The van der Waals surface area contributed by atoms with Crippen LogP contribution in [0.3, 0.4) is 0 Å². The van der Waals surface area contributed by atoms with Gasteiger partial charge in [-0.05, 0) is 12.1 Å². The molecule has 2 aromatic rings. The molecule has 1 fully saturated rings. The number of hydrogen-bond acceptors (Lipinski definition) is 4. The van der Waals surface area contributed by atoms with E-state index in [1.807, 2.05) is 34.9 Å². The van der Waals surface area contributed by atoms with Crippen LogP contribution in [-0.2, 0) is 4.79 Å². The maximum Gasteiger partial charge on any atom is 0.232 e. The van der Waals surface area contributed by atoms with E-state index in [2.05, 4.69) is 17.1 Å². The highest BCUT2D eigenvalue weighted by Gasteiger charge is 2.17. The smallest absolute Gasteiger partial charge is 0.232 e. The molecule has 0 unspecified atom stereocenters. The van der Waals surface area contributed by atoms with E-state index < -0.39 is 0 Å². The zero-order valence-electron chi connectivity index (χ0n) is 11.1. The van der Waals surface area contributed by atoms with E-state index in [1.165, 1.54) is 0 Å². The second-order valence-corrected chi connectivity index (χ2v) is 6.86. The second kappa shape index (κ2) is 6.50. The fourth-order valence-corrected chi connectivity index (χ4v) is 4.08. The van der Waals surface area contributed by atoms with Gasteiger partial charge in [0.15, 0.2) is 0 Å². The van der Waals surface area contributed by atoms with Crippen LogP contribution in [0.15, 0.2) is 41.4 Å². The summed E-state index contributed by atoms with van der Waals surface area (Å²) in [6, 6.07) is 10.1. The van der Waals surface area contributed by atoms with Crippen molar-refractivity contribution < 1.29 is 4.79 Å². The first-order chi connectivity index (χ1) is 9.84. The molecule has 0 saturated carbocycles. The van der Waals surface area contributed by atoms with Gasteiger partial charge in [-0.1, -0.05) is 18.2 Å². The number of amides is 1. The minimum Gasteiger partial charge on any atom is -0.340 e. The molecule has 1 aromatic heterocycles. The molecule has 1 aliphatic rings. The zero-order chi connectivity index (χ0) is 13.8. The Morgan fingerprint density at radius 1 is 1.25 bits per heavy atom. The molecular weight excluding hydrogens is 288 g/mol. The largest absolute Gasteiger partial charge is 0.340 e. The van der Waals surface area contributed by atoms with Gasteiger partial charge in [-0.2, -0.15) is 11.8 Å². The Bertz CT molecular complexity index is 606. The lowest BCUT2D eigenvalue weighted by atomic mass is 10.2. The monoisotopic (exact) mass is 304 g/mol. The quantitative estimate of drug-likeness (QED) is 0.816. The first kappa shape index (κ1) is 13.8. The van der Waals surface area contributed by atoms with Crippen LogP contribution in [-0.4, -0.2) is 46.1 Å².